The van der Waals surface area contributed by atoms with Crippen LogP contribution in [-0.2, 0) is 59.6 Å². The molecule has 0 aromatic carbocycles. The molecule has 1 amide bonds. The summed E-state index contributed by atoms with van der Waals surface area (Å²) in [5, 5.41) is 0. The average Bonchev–Trinajstić information content (AvgIpc) is 3.59. The second kappa shape index (κ2) is 11.3. The van der Waals surface area contributed by atoms with E-state index in [9.17, 15) is 19.4 Å². The highest BCUT2D eigenvalue weighted by atomic mass is 32.5. The summed E-state index contributed by atoms with van der Waals surface area (Å²) in [6.07, 6.45) is -4.09. The summed E-state index contributed by atoms with van der Waals surface area (Å²) in [5.41, 5.74) is 10.8. The first-order valence-electron chi connectivity index (χ1n) is 12.3. The van der Waals surface area contributed by atoms with Crippen LogP contribution in [0.1, 0.15) is 22.4 Å². The van der Waals surface area contributed by atoms with Crippen molar-refractivity contribution in [2.45, 2.75) is 37.8 Å². The number of carbonyl (C=O) groups excluding carboxylic acids is 1. The third-order valence-corrected chi connectivity index (χ3v) is 9.68. The summed E-state index contributed by atoms with van der Waals surface area (Å²) in [6, 6.07) is 1.41. The second-order valence-electron chi connectivity index (χ2n) is 9.30. The number of alkyl halides is 1. The van der Waals surface area contributed by atoms with Crippen molar-refractivity contribution in [1.29, 1.82) is 0 Å². The van der Waals surface area contributed by atoms with Crippen molar-refractivity contribution in [2.75, 3.05) is 18.9 Å². The molecule has 1 fully saturated rings. The molecule has 230 valence electrons. The van der Waals surface area contributed by atoms with Gasteiger partial charge in [-0.15, -0.1) is 0 Å². The SMILES string of the molecule is NC(=O)c1cnc2c(c1)nc1n2CCOP(O)(=S)OC[C@H]2O[C@@H](n3cnc4c(=O)[nH]c(N)nc43)[C@H](OP(O)(=S)OC1)[C@@H]2F. The maximum atomic E-state index is 15.9. The molecular weight excluding hydrogens is 655 g/mol. The minimum atomic E-state index is -4.24. The molecular formula is C20H22FN9O9P2S2. The van der Waals surface area contributed by atoms with Gasteiger partial charge in [0.15, 0.2) is 29.2 Å². The molecule has 43 heavy (non-hydrogen) atoms. The van der Waals surface area contributed by atoms with Crippen LogP contribution in [-0.4, -0.2) is 81.3 Å². The van der Waals surface area contributed by atoms with E-state index in [2.05, 4.69) is 24.9 Å². The van der Waals surface area contributed by atoms with Crippen molar-refractivity contribution in [1.82, 2.24) is 34.1 Å². The summed E-state index contributed by atoms with van der Waals surface area (Å²) in [6.45, 7) is -9.37. The van der Waals surface area contributed by atoms with Gasteiger partial charge in [-0.2, -0.15) is 4.98 Å². The molecule has 18 nitrogen and oxygen atoms in total. The molecule has 2 aliphatic rings. The van der Waals surface area contributed by atoms with Crippen molar-refractivity contribution in [2.24, 2.45) is 5.73 Å². The average molecular weight is 678 g/mol. The number of carbonyl (C=O) groups is 1. The van der Waals surface area contributed by atoms with Gasteiger partial charge in [0, 0.05) is 12.7 Å². The summed E-state index contributed by atoms with van der Waals surface area (Å²) in [4.78, 5) is 64.6. The predicted molar refractivity (Wildman–Crippen MR) is 152 cm³/mol. The number of nitrogen functional groups attached to an aromatic ring is 1. The number of pyridine rings is 1. The lowest BCUT2D eigenvalue weighted by atomic mass is 10.1. The van der Waals surface area contributed by atoms with Gasteiger partial charge < -0.3 is 44.1 Å². The fourth-order valence-electron chi connectivity index (χ4n) is 4.61. The van der Waals surface area contributed by atoms with E-state index in [1.54, 1.807) is 0 Å². The van der Waals surface area contributed by atoms with Crippen LogP contribution >= 0.6 is 13.4 Å². The molecule has 6 rings (SSSR count). The number of nitrogens with one attached hydrogen (secondary N) is 1. The number of fused-ring (bicyclic) bond motifs is 6. The first kappa shape index (κ1) is 30.2. The van der Waals surface area contributed by atoms with Gasteiger partial charge in [0.2, 0.25) is 11.9 Å². The Kier molecular flexibility index (Phi) is 7.93. The fourth-order valence-corrected chi connectivity index (χ4v) is 7.06. The Morgan fingerprint density at radius 2 is 1.95 bits per heavy atom. The summed E-state index contributed by atoms with van der Waals surface area (Å²) >= 11 is 10.3. The number of hydrogen-bond acceptors (Lipinski definition) is 14. The molecule has 2 aliphatic heterocycles. The van der Waals surface area contributed by atoms with Crippen LogP contribution in [0.15, 0.2) is 23.4 Å². The fraction of sp³-hybridized carbons (Fsp3) is 0.400. The van der Waals surface area contributed by atoms with Gasteiger partial charge in [-0.3, -0.25) is 23.7 Å². The molecule has 2 unspecified atom stereocenters. The Morgan fingerprint density at radius 3 is 2.72 bits per heavy atom. The summed E-state index contributed by atoms with van der Waals surface area (Å²) in [5.74, 6) is -0.803. The number of anilines is 1. The Labute approximate surface area is 249 Å². The van der Waals surface area contributed by atoms with E-state index in [0.29, 0.717) is 5.65 Å². The Balaban J connectivity index is 1.38. The lowest BCUT2D eigenvalue weighted by Gasteiger charge is -2.25. The molecule has 1 saturated heterocycles. The molecule has 6 atom stereocenters. The standard InChI is InChI=1S/C20H22FN9O9P2S2/c21-12-10-5-36-40(33,42)35-2-1-29-11(26-9-3-8(15(22)31)4-24-16(9)29)6-37-41(34,43)39-14(12)19(38-10)30-7-25-13-17(30)27-20(23)28-18(13)32/h3-4,7,10,12,14,19H,1-2,5-6H2,(H2,22,31)(H,33,42)(H,34,43)(H3,23,27,28,32)/t10-,12-,14-,19-,40?,41?/m1/s1. The number of aromatic nitrogens is 7. The van der Waals surface area contributed by atoms with E-state index >= 15 is 4.39 Å². The van der Waals surface area contributed by atoms with Crippen molar-refractivity contribution in [3.8, 4) is 0 Å². The van der Waals surface area contributed by atoms with Crippen LogP contribution in [0, 0.1) is 0 Å². The van der Waals surface area contributed by atoms with Crippen LogP contribution < -0.4 is 17.0 Å². The maximum Gasteiger partial charge on any atom is 0.325 e. The van der Waals surface area contributed by atoms with Gasteiger partial charge in [0.25, 0.3) is 5.56 Å². The summed E-state index contributed by atoms with van der Waals surface area (Å²) < 4.78 is 46.4. The number of rotatable bonds is 2. The van der Waals surface area contributed by atoms with Gasteiger partial charge in [0.1, 0.15) is 30.2 Å². The number of halogens is 1. The molecule has 0 saturated carbocycles. The van der Waals surface area contributed by atoms with Crippen LogP contribution in [0.4, 0.5) is 10.3 Å². The number of ether oxygens (including phenoxy) is 1. The van der Waals surface area contributed by atoms with Gasteiger partial charge in [0.05, 0.1) is 25.1 Å². The van der Waals surface area contributed by atoms with Crippen molar-refractivity contribution < 1.29 is 41.8 Å². The van der Waals surface area contributed by atoms with Crippen LogP contribution in [0.25, 0.3) is 22.3 Å². The third kappa shape index (κ3) is 5.98. The largest absolute Gasteiger partial charge is 0.369 e. The molecule has 0 radical (unpaired) electrons. The number of amides is 1. The highest BCUT2D eigenvalue weighted by molar-refractivity contribution is 8.07. The Bertz CT molecular complexity index is 1900. The predicted octanol–water partition coefficient (Wildman–Crippen LogP) is -0.137. The maximum absolute atomic E-state index is 15.9. The van der Waals surface area contributed by atoms with Crippen molar-refractivity contribution in [3.05, 3.63) is 40.3 Å². The zero-order valence-corrected chi connectivity index (χ0v) is 25.0. The first-order chi connectivity index (χ1) is 20.3. The topological polar surface area (TPSA) is 250 Å². The van der Waals surface area contributed by atoms with Gasteiger partial charge in [-0.1, -0.05) is 0 Å². The van der Waals surface area contributed by atoms with Crippen LogP contribution in [0.2, 0.25) is 0 Å². The minimum absolute atomic E-state index is 0.0227. The zero-order valence-electron chi connectivity index (χ0n) is 21.5. The minimum Gasteiger partial charge on any atom is -0.369 e. The molecule has 0 aliphatic carbocycles. The number of hydrogen-bond donors (Lipinski definition) is 5. The van der Waals surface area contributed by atoms with Crippen LogP contribution in [0.3, 0.4) is 0 Å². The number of nitrogens with two attached hydrogens (primary N) is 2. The van der Waals surface area contributed by atoms with E-state index in [1.807, 2.05) is 0 Å². The van der Waals surface area contributed by atoms with E-state index in [0.717, 1.165) is 6.33 Å². The van der Waals surface area contributed by atoms with Gasteiger partial charge in [-0.25, -0.2) is 19.3 Å². The van der Waals surface area contributed by atoms with E-state index < -0.39 is 62.7 Å². The lowest BCUT2D eigenvalue weighted by molar-refractivity contribution is -0.0464. The lowest BCUT2D eigenvalue weighted by Crippen LogP contribution is -2.32. The Hall–Kier alpha value is -2.81. The van der Waals surface area contributed by atoms with Crippen molar-refractivity contribution in [3.63, 3.8) is 0 Å². The van der Waals surface area contributed by atoms with Gasteiger partial charge >= 0.3 is 13.4 Å². The highest BCUT2D eigenvalue weighted by Gasteiger charge is 2.50. The van der Waals surface area contributed by atoms with Crippen molar-refractivity contribution >= 4 is 71.2 Å². The summed E-state index contributed by atoms with van der Waals surface area (Å²) in [7, 11) is 0. The number of aromatic amines is 1. The number of nitrogens with zero attached hydrogens (tertiary/aromatic N) is 6. The van der Waals surface area contributed by atoms with Gasteiger partial charge in [-0.05, 0) is 29.7 Å². The quantitative estimate of drug-likeness (QED) is 0.173. The molecule has 7 N–H and O–H groups in total. The molecule has 6 heterocycles. The van der Waals surface area contributed by atoms with E-state index in [4.69, 9.17) is 57.9 Å². The Morgan fingerprint density at radius 1 is 1.16 bits per heavy atom. The molecule has 2 bridgehead atoms. The molecule has 4 aromatic heterocycles. The number of imidazole rings is 2. The molecule has 0 spiro atoms. The molecule has 4 aromatic rings. The zero-order chi connectivity index (χ0) is 30.7. The molecule has 23 heteroatoms. The smallest absolute Gasteiger partial charge is 0.325 e. The highest BCUT2D eigenvalue weighted by Crippen LogP contribution is 2.52. The second-order valence-corrected chi connectivity index (χ2v) is 14.9. The van der Waals surface area contributed by atoms with E-state index in [1.165, 1.54) is 21.4 Å². The normalized spacial score (nSPS) is 30.6. The van der Waals surface area contributed by atoms with Crippen LogP contribution in [0.5, 0.6) is 0 Å². The number of H-pyrrole nitrogens is 1. The number of primary amides is 1. The van der Waals surface area contributed by atoms with E-state index in [-0.39, 0.29) is 47.2 Å². The third-order valence-electron chi connectivity index (χ3n) is 6.52. The first-order valence-corrected chi connectivity index (χ1v) is 17.4. The monoisotopic (exact) mass is 677 g/mol.